The lowest BCUT2D eigenvalue weighted by Gasteiger charge is -2.10. The zero-order valence-electron chi connectivity index (χ0n) is 14.7. The Labute approximate surface area is 152 Å². The SMILES string of the molecule is COc1ccc(CCC(=O)Nc2ccc(/C=C/C(=O)O)cc2)cc1OC. The normalized spacial score (nSPS) is 10.5. The quantitative estimate of drug-likeness (QED) is 0.709. The molecule has 6 nitrogen and oxygen atoms in total. The summed E-state index contributed by atoms with van der Waals surface area (Å²) >= 11 is 0. The molecule has 0 aromatic heterocycles. The molecule has 2 aromatic carbocycles. The lowest BCUT2D eigenvalue weighted by atomic mass is 10.1. The first-order valence-electron chi connectivity index (χ1n) is 8.03. The van der Waals surface area contributed by atoms with Crippen molar-refractivity contribution in [2.24, 2.45) is 0 Å². The average molecular weight is 355 g/mol. The van der Waals surface area contributed by atoms with Crippen LogP contribution >= 0.6 is 0 Å². The smallest absolute Gasteiger partial charge is 0.328 e. The summed E-state index contributed by atoms with van der Waals surface area (Å²) in [6, 6.07) is 12.5. The van der Waals surface area contributed by atoms with Gasteiger partial charge in [0.1, 0.15) is 0 Å². The van der Waals surface area contributed by atoms with Gasteiger partial charge in [0, 0.05) is 18.2 Å². The summed E-state index contributed by atoms with van der Waals surface area (Å²) in [6.45, 7) is 0. The van der Waals surface area contributed by atoms with E-state index in [1.807, 2.05) is 18.2 Å². The predicted molar refractivity (Wildman–Crippen MR) is 99.6 cm³/mol. The number of nitrogens with one attached hydrogen (secondary N) is 1. The highest BCUT2D eigenvalue weighted by molar-refractivity contribution is 5.91. The molecule has 0 aliphatic carbocycles. The Morgan fingerprint density at radius 1 is 1.04 bits per heavy atom. The molecule has 1 amide bonds. The fourth-order valence-corrected chi connectivity index (χ4v) is 2.36. The van der Waals surface area contributed by atoms with Gasteiger partial charge in [-0.2, -0.15) is 0 Å². The summed E-state index contributed by atoms with van der Waals surface area (Å²) in [4.78, 5) is 22.6. The minimum absolute atomic E-state index is 0.103. The number of aryl methyl sites for hydroxylation is 1. The number of hydrogen-bond acceptors (Lipinski definition) is 4. The number of carbonyl (C=O) groups is 2. The van der Waals surface area contributed by atoms with E-state index in [1.54, 1.807) is 38.5 Å². The van der Waals surface area contributed by atoms with Crippen LogP contribution in [0.2, 0.25) is 0 Å². The van der Waals surface area contributed by atoms with Gasteiger partial charge < -0.3 is 19.9 Å². The molecule has 0 bridgehead atoms. The van der Waals surface area contributed by atoms with E-state index in [1.165, 1.54) is 6.08 Å². The van der Waals surface area contributed by atoms with Gasteiger partial charge in [-0.15, -0.1) is 0 Å². The molecule has 2 aromatic rings. The van der Waals surface area contributed by atoms with E-state index in [2.05, 4.69) is 5.32 Å². The highest BCUT2D eigenvalue weighted by Gasteiger charge is 2.07. The first-order valence-corrected chi connectivity index (χ1v) is 8.03. The lowest BCUT2D eigenvalue weighted by molar-refractivity contribution is -0.131. The fourth-order valence-electron chi connectivity index (χ4n) is 2.36. The Hall–Kier alpha value is -3.28. The van der Waals surface area contributed by atoms with Crippen LogP contribution in [0.15, 0.2) is 48.5 Å². The van der Waals surface area contributed by atoms with E-state index in [-0.39, 0.29) is 5.91 Å². The Bertz CT molecular complexity index is 796. The molecular weight excluding hydrogens is 334 g/mol. The third-order valence-corrected chi connectivity index (χ3v) is 3.70. The Kier molecular flexibility index (Phi) is 6.79. The summed E-state index contributed by atoms with van der Waals surface area (Å²) in [7, 11) is 3.15. The molecule has 0 aliphatic heterocycles. The minimum Gasteiger partial charge on any atom is -0.493 e. The van der Waals surface area contributed by atoms with Gasteiger partial charge in [-0.05, 0) is 47.9 Å². The first-order chi connectivity index (χ1) is 12.5. The van der Waals surface area contributed by atoms with Crippen molar-refractivity contribution in [3.63, 3.8) is 0 Å². The van der Waals surface area contributed by atoms with Crippen molar-refractivity contribution in [2.45, 2.75) is 12.8 Å². The van der Waals surface area contributed by atoms with Crippen LogP contribution in [0, 0.1) is 0 Å². The van der Waals surface area contributed by atoms with Gasteiger partial charge in [-0.1, -0.05) is 18.2 Å². The van der Waals surface area contributed by atoms with Gasteiger partial charge in [0.05, 0.1) is 14.2 Å². The maximum atomic E-state index is 12.1. The summed E-state index contributed by atoms with van der Waals surface area (Å²) in [5.41, 5.74) is 2.39. The Balaban J connectivity index is 1.89. The molecule has 0 aliphatic rings. The number of amides is 1. The van der Waals surface area contributed by atoms with Gasteiger partial charge >= 0.3 is 5.97 Å². The molecule has 0 spiro atoms. The van der Waals surface area contributed by atoms with Crippen LogP contribution in [0.3, 0.4) is 0 Å². The number of methoxy groups -OCH3 is 2. The second-order valence-corrected chi connectivity index (χ2v) is 5.53. The van der Waals surface area contributed by atoms with E-state index in [0.29, 0.717) is 30.0 Å². The maximum Gasteiger partial charge on any atom is 0.328 e. The van der Waals surface area contributed by atoms with E-state index >= 15 is 0 Å². The number of hydrogen-bond donors (Lipinski definition) is 2. The standard InChI is InChI=1S/C20H21NO5/c1-25-17-10-5-15(13-18(17)26-2)6-11-19(22)21-16-8-3-14(4-9-16)7-12-20(23)24/h3-5,7-10,12-13H,6,11H2,1-2H3,(H,21,22)(H,23,24)/b12-7+. The topological polar surface area (TPSA) is 84.9 Å². The predicted octanol–water partition coefficient (Wildman–Crippen LogP) is 3.37. The van der Waals surface area contributed by atoms with Gasteiger partial charge in [-0.25, -0.2) is 4.79 Å². The van der Waals surface area contributed by atoms with Crippen molar-refractivity contribution in [2.75, 3.05) is 19.5 Å². The van der Waals surface area contributed by atoms with E-state index < -0.39 is 5.97 Å². The van der Waals surface area contributed by atoms with Gasteiger partial charge in [-0.3, -0.25) is 4.79 Å². The molecule has 0 fully saturated rings. The molecule has 0 saturated carbocycles. The summed E-state index contributed by atoms with van der Waals surface area (Å²) in [5.74, 6) is 0.180. The molecule has 26 heavy (non-hydrogen) atoms. The molecule has 2 rings (SSSR count). The van der Waals surface area contributed by atoms with Crippen LogP contribution in [0.4, 0.5) is 5.69 Å². The number of carboxylic acids is 1. The second-order valence-electron chi connectivity index (χ2n) is 5.53. The Morgan fingerprint density at radius 2 is 1.73 bits per heavy atom. The highest BCUT2D eigenvalue weighted by atomic mass is 16.5. The number of ether oxygens (including phenoxy) is 2. The molecule has 0 radical (unpaired) electrons. The third-order valence-electron chi connectivity index (χ3n) is 3.70. The maximum absolute atomic E-state index is 12.1. The lowest BCUT2D eigenvalue weighted by Crippen LogP contribution is -2.12. The van der Waals surface area contributed by atoms with Crippen LogP contribution < -0.4 is 14.8 Å². The molecule has 6 heteroatoms. The van der Waals surface area contributed by atoms with Crippen LogP contribution in [0.5, 0.6) is 11.5 Å². The van der Waals surface area contributed by atoms with E-state index in [0.717, 1.165) is 17.2 Å². The molecule has 0 atom stereocenters. The fraction of sp³-hybridized carbons (Fsp3) is 0.200. The molecule has 0 heterocycles. The molecule has 136 valence electrons. The van der Waals surface area contributed by atoms with E-state index in [9.17, 15) is 9.59 Å². The number of rotatable bonds is 8. The number of carbonyl (C=O) groups excluding carboxylic acids is 1. The van der Waals surface area contributed by atoms with Gasteiger partial charge in [0.25, 0.3) is 0 Å². The van der Waals surface area contributed by atoms with Crippen LogP contribution in [-0.4, -0.2) is 31.2 Å². The number of carboxylic acid groups (broad SMARTS) is 1. The van der Waals surface area contributed by atoms with Crippen LogP contribution in [0.25, 0.3) is 6.08 Å². The second kappa shape index (κ2) is 9.27. The monoisotopic (exact) mass is 355 g/mol. The molecule has 2 N–H and O–H groups in total. The zero-order chi connectivity index (χ0) is 18.9. The van der Waals surface area contributed by atoms with Gasteiger partial charge in [0.2, 0.25) is 5.91 Å². The molecular formula is C20H21NO5. The third kappa shape index (κ3) is 5.66. The highest BCUT2D eigenvalue weighted by Crippen LogP contribution is 2.28. The first kappa shape index (κ1) is 19.1. The number of aliphatic carboxylic acids is 1. The van der Waals surface area contributed by atoms with Gasteiger partial charge in [0.15, 0.2) is 11.5 Å². The van der Waals surface area contributed by atoms with Crippen LogP contribution in [0.1, 0.15) is 17.5 Å². The van der Waals surface area contributed by atoms with Crippen molar-refractivity contribution in [1.82, 2.24) is 0 Å². The summed E-state index contributed by atoms with van der Waals surface area (Å²) < 4.78 is 10.5. The zero-order valence-corrected chi connectivity index (χ0v) is 14.7. The number of benzene rings is 2. The van der Waals surface area contributed by atoms with Crippen LogP contribution in [-0.2, 0) is 16.0 Å². The average Bonchev–Trinajstić information content (AvgIpc) is 2.65. The largest absolute Gasteiger partial charge is 0.493 e. The van der Waals surface area contributed by atoms with Crippen molar-refractivity contribution < 1.29 is 24.2 Å². The molecule has 0 saturated heterocycles. The Morgan fingerprint density at radius 3 is 2.35 bits per heavy atom. The van der Waals surface area contributed by atoms with Crippen molar-refractivity contribution in [1.29, 1.82) is 0 Å². The van der Waals surface area contributed by atoms with E-state index in [4.69, 9.17) is 14.6 Å². The number of anilines is 1. The summed E-state index contributed by atoms with van der Waals surface area (Å²) in [5, 5.41) is 11.4. The van der Waals surface area contributed by atoms with Crippen molar-refractivity contribution in [3.05, 3.63) is 59.7 Å². The molecule has 0 unspecified atom stereocenters. The minimum atomic E-state index is -1.00. The summed E-state index contributed by atoms with van der Waals surface area (Å²) in [6.07, 6.45) is 3.46. The van der Waals surface area contributed by atoms with Crippen molar-refractivity contribution in [3.8, 4) is 11.5 Å². The van der Waals surface area contributed by atoms with Crippen molar-refractivity contribution >= 4 is 23.6 Å².